The van der Waals surface area contributed by atoms with Crippen LogP contribution >= 0.6 is 0 Å². The second kappa shape index (κ2) is 7.47. The normalized spacial score (nSPS) is 12.0. The fourth-order valence-corrected chi connectivity index (χ4v) is 2.20. The molecule has 0 saturated carbocycles. The number of hydrogen-bond donors (Lipinski definition) is 1. The van der Waals surface area contributed by atoms with Crippen LogP contribution in [0.5, 0.6) is 0 Å². The lowest BCUT2D eigenvalue weighted by Crippen LogP contribution is -2.17. The Morgan fingerprint density at radius 3 is 2.84 bits per heavy atom. The van der Waals surface area contributed by atoms with E-state index in [1.54, 1.807) is 0 Å². The molecule has 0 unspecified atom stereocenters. The minimum atomic E-state index is -3.10. The molecule has 2 aromatic heterocycles. The van der Waals surface area contributed by atoms with Crippen LogP contribution in [-0.4, -0.2) is 25.8 Å². The van der Waals surface area contributed by atoms with Gasteiger partial charge in [-0.15, -0.1) is 6.58 Å². The predicted molar refractivity (Wildman–Crippen MR) is 81.6 cm³/mol. The number of pyridine rings is 1. The summed E-state index contributed by atoms with van der Waals surface area (Å²) in [5.74, 6) is 0. The Bertz CT molecular complexity index is 808. The fraction of sp³-hybridized carbons (Fsp3) is 0.214. The minimum absolute atomic E-state index is 0.121. The van der Waals surface area contributed by atoms with Gasteiger partial charge in [-0.2, -0.15) is 18.6 Å². The molecule has 0 aliphatic heterocycles. The number of hydrogen-bond acceptors (Lipinski definition) is 6. The number of primary amides is 1. The third kappa shape index (κ3) is 3.94. The molecule has 11 heteroatoms. The van der Waals surface area contributed by atoms with Gasteiger partial charge in [-0.3, -0.25) is 15.1 Å². The van der Waals surface area contributed by atoms with Gasteiger partial charge in [-0.05, 0) is 17.7 Å². The lowest BCUT2D eigenvalue weighted by molar-refractivity contribution is -0.384. The molecule has 0 spiro atoms. The lowest BCUT2D eigenvalue weighted by atomic mass is 10.1. The molecule has 0 bridgehead atoms. The minimum Gasteiger partial charge on any atom is -0.441 e. The molecule has 2 rings (SSSR count). The molecule has 132 valence electrons. The van der Waals surface area contributed by atoms with Crippen molar-refractivity contribution in [2.75, 3.05) is 0 Å². The largest absolute Gasteiger partial charge is 0.441 e. The quantitative estimate of drug-likeness (QED) is 0.463. The Morgan fingerprint density at radius 1 is 1.56 bits per heavy atom. The molecule has 9 nitrogen and oxygen atoms in total. The molecule has 0 aliphatic carbocycles. The first-order chi connectivity index (χ1) is 11.8. The van der Waals surface area contributed by atoms with Crippen molar-refractivity contribution in [1.82, 2.24) is 14.8 Å². The van der Waals surface area contributed by atoms with Gasteiger partial charge in [0, 0.05) is 12.6 Å². The zero-order valence-corrected chi connectivity index (χ0v) is 12.7. The Hall–Kier alpha value is -3.37. The van der Waals surface area contributed by atoms with E-state index in [0.29, 0.717) is 5.56 Å². The van der Waals surface area contributed by atoms with Crippen molar-refractivity contribution in [3.05, 3.63) is 52.9 Å². The molecule has 1 atom stereocenters. The average Bonchev–Trinajstić information content (AvgIpc) is 2.99. The van der Waals surface area contributed by atoms with Gasteiger partial charge >= 0.3 is 18.3 Å². The van der Waals surface area contributed by atoms with Crippen LogP contribution in [0.2, 0.25) is 0 Å². The molecule has 0 radical (unpaired) electrons. The number of aromatic nitrogens is 3. The van der Waals surface area contributed by atoms with Gasteiger partial charge in [-0.1, -0.05) is 6.08 Å². The Morgan fingerprint density at radius 2 is 2.28 bits per heavy atom. The van der Waals surface area contributed by atoms with E-state index >= 15 is 0 Å². The summed E-state index contributed by atoms with van der Waals surface area (Å²) in [6, 6.07) is 2.76. The van der Waals surface area contributed by atoms with Crippen LogP contribution in [0.15, 0.2) is 37.2 Å². The van der Waals surface area contributed by atoms with Crippen LogP contribution in [0.1, 0.15) is 24.6 Å². The summed E-state index contributed by atoms with van der Waals surface area (Å²) >= 11 is 0. The van der Waals surface area contributed by atoms with E-state index in [1.165, 1.54) is 24.4 Å². The number of nitro groups is 1. The van der Waals surface area contributed by atoms with E-state index in [9.17, 15) is 23.7 Å². The summed E-state index contributed by atoms with van der Waals surface area (Å²) in [6.45, 7) is 0.433. The third-order valence-electron chi connectivity index (χ3n) is 3.20. The Kier molecular flexibility index (Phi) is 5.37. The van der Waals surface area contributed by atoms with Gasteiger partial charge in [0.1, 0.15) is 12.3 Å². The number of carbonyl (C=O) groups is 1. The third-order valence-corrected chi connectivity index (χ3v) is 3.20. The Balaban J connectivity index is 2.55. The van der Waals surface area contributed by atoms with Crippen molar-refractivity contribution < 1.29 is 23.2 Å². The molecule has 0 fully saturated rings. The standard InChI is InChI=1S/C14H13F2N5O4/c1-2-3-11(25-14(17)22)8-4-5-18-9(6-8)12-10(21(23)24)7-19-20(12)13(15)16/h2,4-7,11,13H,1,3H2,(H2,17,22)/t11-/m0/s1. The fourth-order valence-electron chi connectivity index (χ4n) is 2.20. The van der Waals surface area contributed by atoms with Crippen molar-refractivity contribution in [2.24, 2.45) is 5.73 Å². The number of nitrogens with zero attached hydrogens (tertiary/aromatic N) is 4. The van der Waals surface area contributed by atoms with Crippen LogP contribution in [-0.2, 0) is 4.74 Å². The number of ether oxygens (including phenoxy) is 1. The molecule has 2 N–H and O–H groups in total. The van der Waals surface area contributed by atoms with Gasteiger partial charge in [0.25, 0.3) is 0 Å². The lowest BCUT2D eigenvalue weighted by Gasteiger charge is -2.16. The maximum Gasteiger partial charge on any atom is 0.405 e. The van der Waals surface area contributed by atoms with E-state index < -0.39 is 35.1 Å². The highest BCUT2D eigenvalue weighted by molar-refractivity contribution is 5.67. The van der Waals surface area contributed by atoms with Crippen molar-refractivity contribution in [3.63, 3.8) is 0 Å². The van der Waals surface area contributed by atoms with Crippen molar-refractivity contribution in [1.29, 1.82) is 0 Å². The number of carbonyl (C=O) groups excluding carboxylic acids is 1. The summed E-state index contributed by atoms with van der Waals surface area (Å²) < 4.78 is 31.3. The van der Waals surface area contributed by atoms with Gasteiger partial charge in [0.15, 0.2) is 5.69 Å². The number of amides is 1. The van der Waals surface area contributed by atoms with Crippen molar-refractivity contribution in [3.8, 4) is 11.4 Å². The van der Waals surface area contributed by atoms with Gasteiger partial charge in [0.05, 0.1) is 10.6 Å². The molecule has 0 saturated heterocycles. The number of alkyl halides is 2. The predicted octanol–water partition coefficient (Wildman–Crippen LogP) is 2.96. The first kappa shape index (κ1) is 18.0. The summed E-state index contributed by atoms with van der Waals surface area (Å²) in [4.78, 5) is 25.1. The topological polar surface area (TPSA) is 126 Å². The SMILES string of the molecule is C=CC[C@H](OC(N)=O)c1ccnc(-c2c([N+](=O)[O-])cnn2C(F)F)c1. The number of rotatable bonds is 7. The highest BCUT2D eigenvalue weighted by atomic mass is 19.3. The Labute approximate surface area is 139 Å². The smallest absolute Gasteiger partial charge is 0.405 e. The maximum atomic E-state index is 13.1. The molecular formula is C14H13F2N5O4. The first-order valence-corrected chi connectivity index (χ1v) is 6.88. The first-order valence-electron chi connectivity index (χ1n) is 6.88. The van der Waals surface area contributed by atoms with Crippen LogP contribution in [0.25, 0.3) is 11.4 Å². The summed E-state index contributed by atoms with van der Waals surface area (Å²) in [5.41, 5.74) is 4.16. The number of halogens is 2. The summed E-state index contributed by atoms with van der Waals surface area (Å²) in [5, 5.41) is 14.4. The van der Waals surface area contributed by atoms with Crippen LogP contribution < -0.4 is 5.73 Å². The second-order valence-corrected chi connectivity index (χ2v) is 4.78. The van der Waals surface area contributed by atoms with E-state index in [0.717, 1.165) is 6.20 Å². The highest BCUT2D eigenvalue weighted by Gasteiger charge is 2.28. The van der Waals surface area contributed by atoms with Crippen molar-refractivity contribution >= 4 is 11.8 Å². The number of nitrogens with two attached hydrogens (primary N) is 1. The van der Waals surface area contributed by atoms with Crippen LogP contribution in [0, 0.1) is 10.1 Å². The zero-order chi connectivity index (χ0) is 18.6. The van der Waals surface area contributed by atoms with Crippen molar-refractivity contribution in [2.45, 2.75) is 19.1 Å². The van der Waals surface area contributed by atoms with Crippen LogP contribution in [0.4, 0.5) is 19.3 Å². The molecule has 0 aliphatic rings. The van der Waals surface area contributed by atoms with E-state index in [2.05, 4.69) is 16.7 Å². The highest BCUT2D eigenvalue weighted by Crippen LogP contribution is 2.33. The summed E-state index contributed by atoms with van der Waals surface area (Å²) in [7, 11) is 0. The summed E-state index contributed by atoms with van der Waals surface area (Å²) in [6.07, 6.45) is 1.77. The van der Waals surface area contributed by atoms with Gasteiger partial charge < -0.3 is 10.5 Å². The average molecular weight is 353 g/mol. The van der Waals surface area contributed by atoms with Gasteiger partial charge in [-0.25, -0.2) is 4.79 Å². The monoisotopic (exact) mass is 353 g/mol. The van der Waals surface area contributed by atoms with Gasteiger partial charge in [0.2, 0.25) is 0 Å². The zero-order valence-electron chi connectivity index (χ0n) is 12.7. The molecular weight excluding hydrogens is 340 g/mol. The van der Waals surface area contributed by atoms with E-state index in [1.807, 2.05) is 0 Å². The molecule has 25 heavy (non-hydrogen) atoms. The van der Waals surface area contributed by atoms with E-state index in [4.69, 9.17) is 10.5 Å². The molecule has 2 heterocycles. The molecule has 2 aromatic rings. The maximum absolute atomic E-state index is 13.1. The van der Waals surface area contributed by atoms with E-state index in [-0.39, 0.29) is 16.8 Å². The second-order valence-electron chi connectivity index (χ2n) is 4.78. The molecule has 1 amide bonds. The van der Waals surface area contributed by atoms with Crippen LogP contribution in [0.3, 0.4) is 0 Å². The molecule has 0 aromatic carbocycles.